The van der Waals surface area contributed by atoms with Crippen LogP contribution in [0.1, 0.15) is 26.3 Å². The summed E-state index contributed by atoms with van der Waals surface area (Å²) in [6.45, 7) is 7.49. The summed E-state index contributed by atoms with van der Waals surface area (Å²) < 4.78 is 12.1. The molecule has 1 saturated heterocycles. The topological polar surface area (TPSA) is 168 Å². The first-order valence-electron chi connectivity index (χ1n) is 11.0. The van der Waals surface area contributed by atoms with Gasteiger partial charge in [-0.25, -0.2) is 4.52 Å². The molecule has 1 aliphatic heterocycles. The van der Waals surface area contributed by atoms with Gasteiger partial charge in [-0.15, -0.1) is 5.10 Å². The third-order valence-corrected chi connectivity index (χ3v) is 4.39. The quantitative estimate of drug-likeness (QED) is 0.186. The number of nitrogens with one attached hydrogen (secondary N) is 3. The molecule has 38 heavy (non-hydrogen) atoms. The third-order valence-electron chi connectivity index (χ3n) is 4.39. The number of benzene rings is 1. The molecular weight excluding hydrogens is 755 g/mol. The number of imidazole rings is 1. The number of carbonyl (C=O) groups is 1. The Morgan fingerprint density at radius 3 is 2.58 bits per heavy atom. The second-order valence-corrected chi connectivity index (χ2v) is 7.34. The van der Waals surface area contributed by atoms with Gasteiger partial charge in [-0.3, -0.25) is 14.9 Å². The van der Waals surface area contributed by atoms with E-state index in [4.69, 9.17) is 20.9 Å². The van der Waals surface area contributed by atoms with Gasteiger partial charge in [0.1, 0.15) is 11.5 Å². The second-order valence-electron chi connectivity index (χ2n) is 7.34. The SMILES string of the molecule is CC.CC(=O)Cc1cccc(Oc2ccc3nc([NH-])cn3n2)c1.[CH3-].[NH-]/C(=C/[N+](=O)[O-])NCC1COC1.[U+2].[V]. The average Bonchev–Trinajstić information content (AvgIpc) is 3.13. The van der Waals surface area contributed by atoms with E-state index in [9.17, 15) is 14.9 Å². The number of rotatable bonds is 8. The predicted molar refractivity (Wildman–Crippen MR) is 137 cm³/mol. The molecule has 3 aromatic rings. The number of hydrogen-bond donors (Lipinski definition) is 1. The minimum absolute atomic E-state index is 0. The summed E-state index contributed by atoms with van der Waals surface area (Å²) in [6, 6.07) is 10.8. The number of fused-ring (bicyclic) bond motifs is 1. The van der Waals surface area contributed by atoms with Gasteiger partial charge >= 0.3 is 31.1 Å². The molecule has 2 aromatic heterocycles. The van der Waals surface area contributed by atoms with E-state index in [1.54, 1.807) is 25.1 Å². The summed E-state index contributed by atoms with van der Waals surface area (Å²) in [5, 5.41) is 16.7. The van der Waals surface area contributed by atoms with Gasteiger partial charge in [0, 0.05) is 49.0 Å². The number of ether oxygens (including phenoxy) is 2. The van der Waals surface area contributed by atoms with E-state index in [1.807, 2.05) is 32.0 Å². The molecule has 0 spiro atoms. The van der Waals surface area contributed by atoms with E-state index < -0.39 is 4.92 Å². The summed E-state index contributed by atoms with van der Waals surface area (Å²) in [5.74, 6) is 1.51. The monoisotopic (exact) mass is 787 g/mol. The number of ketones is 1. The van der Waals surface area contributed by atoms with Crippen LogP contribution in [-0.4, -0.2) is 45.1 Å². The van der Waals surface area contributed by atoms with Crippen molar-refractivity contribution < 1.29 is 68.9 Å². The maximum atomic E-state index is 11.2. The summed E-state index contributed by atoms with van der Waals surface area (Å²) in [7, 11) is 0. The Morgan fingerprint density at radius 2 is 2.00 bits per heavy atom. The van der Waals surface area contributed by atoms with Gasteiger partial charge in [0.2, 0.25) is 12.1 Å². The molecule has 1 radical (unpaired) electrons. The molecule has 0 atom stereocenters. The first kappa shape index (κ1) is 37.6. The number of nitrogens with zero attached hydrogens (tertiary/aromatic N) is 4. The van der Waals surface area contributed by atoms with Crippen LogP contribution in [0.15, 0.2) is 54.6 Å². The van der Waals surface area contributed by atoms with Gasteiger partial charge < -0.3 is 38.7 Å². The van der Waals surface area contributed by atoms with Crippen molar-refractivity contribution >= 4 is 17.2 Å². The fourth-order valence-corrected chi connectivity index (χ4v) is 2.85. The molecule has 1 aromatic carbocycles. The van der Waals surface area contributed by atoms with Crippen LogP contribution in [-0.2, 0) is 34.5 Å². The second kappa shape index (κ2) is 19.5. The molecule has 3 heterocycles. The van der Waals surface area contributed by atoms with Gasteiger partial charge in [-0.2, -0.15) is 0 Å². The van der Waals surface area contributed by atoms with E-state index in [2.05, 4.69) is 15.4 Å². The summed E-state index contributed by atoms with van der Waals surface area (Å²) in [5.41, 5.74) is 16.0. The largest absolute Gasteiger partial charge is 2.00 e. The molecule has 1 aliphatic rings. The van der Waals surface area contributed by atoms with Crippen LogP contribution in [0.25, 0.3) is 17.1 Å². The Morgan fingerprint density at radius 1 is 1.32 bits per heavy atom. The molecule has 0 unspecified atom stereocenters. The zero-order chi connectivity index (χ0) is 25.8. The van der Waals surface area contributed by atoms with Crippen molar-refractivity contribution in [3.8, 4) is 11.6 Å². The van der Waals surface area contributed by atoms with Crippen molar-refractivity contribution in [3.63, 3.8) is 0 Å². The van der Waals surface area contributed by atoms with Gasteiger partial charge in [0.05, 0.1) is 23.8 Å². The van der Waals surface area contributed by atoms with E-state index in [1.165, 1.54) is 10.7 Å². The fourth-order valence-electron chi connectivity index (χ4n) is 2.85. The minimum atomic E-state index is -0.646. The molecular formula is C24H32N7O5UV-. The number of hydrogen-bond acceptors (Lipinski definition) is 8. The van der Waals surface area contributed by atoms with Gasteiger partial charge in [-0.05, 0) is 43.0 Å². The average molecular weight is 788 g/mol. The Kier molecular flexibility index (Phi) is 19.3. The number of carbonyl (C=O) groups excluding carboxylic acids is 1. The maximum absolute atomic E-state index is 11.2. The number of Topliss-reactive ketones (excluding diaryl/α,β-unsaturated/α-hetero) is 1. The van der Waals surface area contributed by atoms with E-state index in [0.717, 1.165) is 5.56 Å². The molecule has 0 amide bonds. The van der Waals surface area contributed by atoms with Crippen molar-refractivity contribution in [3.05, 3.63) is 89.2 Å². The molecule has 1 fully saturated rings. The zero-order valence-electron chi connectivity index (χ0n) is 21.8. The van der Waals surface area contributed by atoms with Crippen LogP contribution < -0.4 is 10.1 Å². The van der Waals surface area contributed by atoms with Gasteiger partial charge in [0.25, 0.3) is 0 Å². The maximum Gasteiger partial charge on any atom is 2.00 e. The van der Waals surface area contributed by atoms with Crippen molar-refractivity contribution in [2.45, 2.75) is 27.2 Å². The van der Waals surface area contributed by atoms with Crippen molar-refractivity contribution in [1.82, 2.24) is 19.9 Å². The molecule has 0 saturated carbocycles. The number of aromatic nitrogens is 3. The Bertz CT molecular complexity index is 1170. The Balaban J connectivity index is 0. The van der Waals surface area contributed by atoms with Crippen molar-refractivity contribution in [1.29, 1.82) is 0 Å². The summed E-state index contributed by atoms with van der Waals surface area (Å²) >= 11 is 0. The Hall–Kier alpha value is -2.55. The van der Waals surface area contributed by atoms with Gasteiger partial charge in [-0.1, -0.05) is 26.0 Å². The molecule has 3 N–H and O–H groups in total. The molecule has 0 bridgehead atoms. The van der Waals surface area contributed by atoms with E-state index in [0.29, 0.717) is 55.6 Å². The standard InChI is InChI=1S/C15H13N4O2.C6H10N3O3.C2H6.CH3.U.V/c1-10(20)7-11-3-2-4-12(8-11)21-15-6-5-14-17-13(16)9-19(14)18-15;7-6(2-9(10)11)8-1-5-3-12-4-5;1-2;;;/h2-6,8-9,16H,7H2,1H3;2,5,7-8H,1,3-4H2;1-2H3;1H3;;/q2*-1;;-1;+2;/b;6-2-;;;;. The van der Waals surface area contributed by atoms with Crippen molar-refractivity contribution in [2.24, 2.45) is 5.92 Å². The van der Waals surface area contributed by atoms with Crippen LogP contribution in [0.5, 0.6) is 11.6 Å². The van der Waals surface area contributed by atoms with E-state index in [-0.39, 0.29) is 74.5 Å². The fraction of sp³-hybridized carbons (Fsp3) is 0.333. The van der Waals surface area contributed by atoms with Crippen LogP contribution in [0.4, 0.5) is 5.82 Å². The summed E-state index contributed by atoms with van der Waals surface area (Å²) in [4.78, 5) is 24.4. The van der Waals surface area contributed by atoms with Gasteiger partial charge in [0.15, 0.2) is 0 Å². The first-order chi connectivity index (χ1) is 16.8. The third kappa shape index (κ3) is 13.3. The van der Waals surface area contributed by atoms with Crippen LogP contribution >= 0.6 is 0 Å². The smallest absolute Gasteiger partial charge is 0.481 e. The summed E-state index contributed by atoms with van der Waals surface area (Å²) in [6.07, 6.45) is 2.53. The van der Waals surface area contributed by atoms with Crippen LogP contribution in [0.2, 0.25) is 0 Å². The number of nitro groups is 1. The molecule has 4 rings (SSSR count). The normalized spacial score (nSPS) is 11.9. The van der Waals surface area contributed by atoms with Crippen LogP contribution in [0, 0.1) is 54.6 Å². The molecule has 0 aliphatic carbocycles. The van der Waals surface area contributed by atoms with Crippen molar-refractivity contribution in [2.75, 3.05) is 19.8 Å². The molecule has 14 heteroatoms. The predicted octanol–water partition coefficient (Wildman–Crippen LogP) is 5.16. The van der Waals surface area contributed by atoms with E-state index >= 15 is 0 Å². The molecule has 12 nitrogen and oxygen atoms in total. The molecule has 203 valence electrons. The zero-order valence-corrected chi connectivity index (χ0v) is 27.4. The van der Waals surface area contributed by atoms with Crippen LogP contribution in [0.3, 0.4) is 0 Å². The Labute approximate surface area is 258 Å². The minimum Gasteiger partial charge on any atom is -0.481 e. The first-order valence-corrected chi connectivity index (χ1v) is 11.0.